The van der Waals surface area contributed by atoms with E-state index in [0.717, 1.165) is 42.9 Å². The largest absolute Gasteiger partial charge is 0.494 e. The van der Waals surface area contributed by atoms with Crippen molar-refractivity contribution >= 4 is 29.9 Å². The molecular weight excluding hydrogens is 467 g/mol. The van der Waals surface area contributed by atoms with Crippen LogP contribution >= 0.6 is 24.0 Å². The monoisotopic (exact) mass is 498 g/mol. The van der Waals surface area contributed by atoms with Gasteiger partial charge in [-0.2, -0.15) is 0 Å². The van der Waals surface area contributed by atoms with Gasteiger partial charge in [0.05, 0.1) is 13.2 Å². The highest BCUT2D eigenvalue weighted by Gasteiger charge is 2.15. The number of aromatic nitrogens is 3. The summed E-state index contributed by atoms with van der Waals surface area (Å²) in [6.07, 6.45) is 4.70. The van der Waals surface area contributed by atoms with Gasteiger partial charge in [-0.25, -0.2) is 0 Å². The second kappa shape index (κ2) is 11.2. The molecule has 2 heterocycles. The lowest BCUT2D eigenvalue weighted by atomic mass is 10.2. The van der Waals surface area contributed by atoms with Crippen molar-refractivity contribution in [2.45, 2.75) is 52.2 Å². The molecule has 1 N–H and O–H groups in total. The van der Waals surface area contributed by atoms with Crippen molar-refractivity contribution in [3.63, 3.8) is 0 Å². The molecule has 0 fully saturated rings. The fraction of sp³-hybridized carbons (Fsp3) is 0.550. The molecule has 0 saturated heterocycles. The van der Waals surface area contributed by atoms with E-state index >= 15 is 0 Å². The van der Waals surface area contributed by atoms with E-state index in [0.29, 0.717) is 13.2 Å². The third kappa shape index (κ3) is 5.83. The number of benzene rings is 1. The number of ether oxygens (including phenoxy) is 1. The molecule has 0 unspecified atom stereocenters. The number of nitrogens with one attached hydrogen (secondary N) is 1. The maximum Gasteiger partial charge on any atom is 0.194 e. The van der Waals surface area contributed by atoms with E-state index in [9.17, 15) is 0 Å². The number of hydrogen-bond acceptors (Lipinski definition) is 4. The Bertz CT molecular complexity index is 759. The Morgan fingerprint density at radius 1 is 1.21 bits per heavy atom. The Labute approximate surface area is 184 Å². The number of guanidine groups is 1. The second-order valence-electron chi connectivity index (χ2n) is 6.83. The highest BCUT2D eigenvalue weighted by atomic mass is 127. The van der Waals surface area contributed by atoms with Gasteiger partial charge in [-0.15, -0.1) is 34.2 Å². The summed E-state index contributed by atoms with van der Waals surface area (Å²) in [7, 11) is 3.84. The molecule has 0 aliphatic carbocycles. The maximum absolute atomic E-state index is 5.50. The Morgan fingerprint density at radius 3 is 2.71 bits per heavy atom. The van der Waals surface area contributed by atoms with E-state index in [-0.39, 0.29) is 24.0 Å². The second-order valence-corrected chi connectivity index (χ2v) is 6.83. The summed E-state index contributed by atoms with van der Waals surface area (Å²) in [5.41, 5.74) is 1.21. The normalized spacial score (nSPS) is 13.9. The summed E-state index contributed by atoms with van der Waals surface area (Å²) in [6.45, 7) is 5.09. The number of aliphatic imine (C=N–C) groups is 1. The van der Waals surface area contributed by atoms with Crippen molar-refractivity contribution in [1.82, 2.24) is 25.0 Å². The SMILES string of the molecule is CCOc1ccc(CN(C)C(=NC)NCc2nnc3n2CCCCC3)cc1.I. The van der Waals surface area contributed by atoms with E-state index in [1.807, 2.05) is 26.1 Å². The van der Waals surface area contributed by atoms with Gasteiger partial charge in [0.25, 0.3) is 0 Å². The summed E-state index contributed by atoms with van der Waals surface area (Å²) in [5.74, 6) is 3.85. The Kier molecular flexibility index (Phi) is 9.01. The molecule has 1 aromatic heterocycles. The van der Waals surface area contributed by atoms with Crippen LogP contribution in [0, 0.1) is 0 Å². The van der Waals surface area contributed by atoms with Crippen molar-refractivity contribution in [2.75, 3.05) is 20.7 Å². The molecule has 1 aliphatic rings. The molecule has 0 atom stereocenters. The molecule has 0 radical (unpaired) electrons. The zero-order valence-electron chi connectivity index (χ0n) is 17.0. The van der Waals surface area contributed by atoms with E-state index in [1.165, 1.54) is 24.8 Å². The minimum absolute atomic E-state index is 0. The van der Waals surface area contributed by atoms with Crippen LogP contribution in [0.2, 0.25) is 0 Å². The van der Waals surface area contributed by atoms with E-state index in [2.05, 4.69) is 42.1 Å². The summed E-state index contributed by atoms with van der Waals surface area (Å²) in [4.78, 5) is 6.52. The molecule has 3 rings (SSSR count). The third-order valence-corrected chi connectivity index (χ3v) is 4.82. The fourth-order valence-electron chi connectivity index (χ4n) is 3.43. The van der Waals surface area contributed by atoms with Crippen LogP contribution in [0.5, 0.6) is 5.75 Å². The van der Waals surface area contributed by atoms with E-state index in [4.69, 9.17) is 4.74 Å². The van der Waals surface area contributed by atoms with Crippen LogP contribution in [0.15, 0.2) is 29.3 Å². The average Bonchev–Trinajstić information content (AvgIpc) is 2.90. The Morgan fingerprint density at radius 2 is 2.00 bits per heavy atom. The number of rotatable bonds is 6. The third-order valence-electron chi connectivity index (χ3n) is 4.82. The van der Waals surface area contributed by atoms with Gasteiger partial charge in [0, 0.05) is 33.6 Å². The first kappa shape index (κ1) is 22.4. The number of aryl methyl sites for hydroxylation is 1. The van der Waals surface area contributed by atoms with Crippen LogP contribution in [0.1, 0.15) is 43.4 Å². The molecule has 0 bridgehead atoms. The van der Waals surface area contributed by atoms with Gasteiger partial charge in [-0.3, -0.25) is 4.99 Å². The average molecular weight is 498 g/mol. The van der Waals surface area contributed by atoms with E-state index in [1.54, 1.807) is 7.05 Å². The molecule has 1 aliphatic heterocycles. The first-order valence-electron chi connectivity index (χ1n) is 9.75. The predicted octanol–water partition coefficient (Wildman–Crippen LogP) is 3.23. The molecule has 2 aromatic rings. The van der Waals surface area contributed by atoms with Crippen molar-refractivity contribution in [1.29, 1.82) is 0 Å². The minimum Gasteiger partial charge on any atom is -0.494 e. The van der Waals surface area contributed by atoms with Crippen LogP contribution in [0.4, 0.5) is 0 Å². The number of hydrogen-bond donors (Lipinski definition) is 1. The number of fused-ring (bicyclic) bond motifs is 1. The van der Waals surface area contributed by atoms with Gasteiger partial charge in [-0.05, 0) is 37.5 Å². The molecule has 1 aromatic carbocycles. The first-order valence-corrected chi connectivity index (χ1v) is 9.75. The predicted molar refractivity (Wildman–Crippen MR) is 122 cm³/mol. The van der Waals surface area contributed by atoms with E-state index < -0.39 is 0 Å². The molecule has 154 valence electrons. The van der Waals surface area contributed by atoms with Crippen LogP contribution in [-0.4, -0.2) is 46.3 Å². The van der Waals surface area contributed by atoms with Crippen LogP contribution in [0.3, 0.4) is 0 Å². The molecule has 0 saturated carbocycles. The molecule has 8 heteroatoms. The smallest absolute Gasteiger partial charge is 0.194 e. The van der Waals surface area contributed by atoms with Gasteiger partial charge in [0.2, 0.25) is 0 Å². The maximum atomic E-state index is 5.50. The zero-order chi connectivity index (χ0) is 19.1. The van der Waals surface area contributed by atoms with Crippen molar-refractivity contribution < 1.29 is 4.74 Å². The lowest BCUT2D eigenvalue weighted by molar-refractivity contribution is 0.340. The Balaban J connectivity index is 0.00000280. The molecule has 7 nitrogen and oxygen atoms in total. The van der Waals surface area contributed by atoms with Gasteiger partial charge < -0.3 is 19.5 Å². The van der Waals surface area contributed by atoms with Crippen LogP contribution in [-0.2, 0) is 26.1 Å². The summed E-state index contributed by atoms with van der Waals surface area (Å²) in [6, 6.07) is 8.20. The van der Waals surface area contributed by atoms with Gasteiger partial charge >= 0.3 is 0 Å². The van der Waals surface area contributed by atoms with Crippen LogP contribution < -0.4 is 10.1 Å². The highest BCUT2D eigenvalue weighted by molar-refractivity contribution is 14.0. The van der Waals surface area contributed by atoms with Crippen LogP contribution in [0.25, 0.3) is 0 Å². The number of halogens is 1. The summed E-state index contributed by atoms with van der Waals surface area (Å²) < 4.78 is 7.77. The zero-order valence-corrected chi connectivity index (χ0v) is 19.3. The lowest BCUT2D eigenvalue weighted by Crippen LogP contribution is -2.38. The Hall–Kier alpha value is -1.84. The van der Waals surface area contributed by atoms with Crippen molar-refractivity contribution in [3.05, 3.63) is 41.5 Å². The quantitative estimate of drug-likeness (QED) is 0.377. The fourth-order valence-corrected chi connectivity index (χ4v) is 3.43. The molecule has 0 amide bonds. The number of nitrogens with zero attached hydrogens (tertiary/aromatic N) is 5. The van der Waals surface area contributed by atoms with Gasteiger partial charge in [0.15, 0.2) is 11.8 Å². The summed E-state index contributed by atoms with van der Waals surface area (Å²) >= 11 is 0. The lowest BCUT2D eigenvalue weighted by Gasteiger charge is -2.22. The van der Waals surface area contributed by atoms with Gasteiger partial charge in [0.1, 0.15) is 11.6 Å². The first-order chi connectivity index (χ1) is 13.2. The molecule has 0 spiro atoms. The van der Waals surface area contributed by atoms with Crippen molar-refractivity contribution in [3.8, 4) is 5.75 Å². The molecule has 28 heavy (non-hydrogen) atoms. The van der Waals surface area contributed by atoms with Crippen molar-refractivity contribution in [2.24, 2.45) is 4.99 Å². The minimum atomic E-state index is 0. The topological polar surface area (TPSA) is 67.6 Å². The summed E-state index contributed by atoms with van der Waals surface area (Å²) in [5, 5.41) is 12.2. The standard InChI is InChI=1S/C20H30N6O.HI/c1-4-27-17-11-9-16(10-12-17)15-25(3)20(21-2)22-14-19-24-23-18-8-6-5-7-13-26(18)19;/h9-12H,4-8,13-15H2,1-3H3,(H,21,22);1H. The van der Waals surface area contributed by atoms with Gasteiger partial charge in [-0.1, -0.05) is 18.6 Å². The highest BCUT2D eigenvalue weighted by Crippen LogP contribution is 2.15. The molecular formula is C20H31IN6O.